The number of nitrogen functional groups attached to an aromatic ring is 4. The molecule has 0 radical (unpaired) electrons. The highest BCUT2D eigenvalue weighted by molar-refractivity contribution is 8.76. The van der Waals surface area contributed by atoms with Crippen LogP contribution in [0, 0.1) is 0 Å². The number of urea groups is 2. The van der Waals surface area contributed by atoms with Crippen molar-refractivity contribution in [3.8, 4) is 0 Å². The van der Waals surface area contributed by atoms with E-state index >= 15 is 0 Å². The number of carbonyl (C=O) groups excluding carboxylic acids is 2. The molecule has 2 aromatic rings. The first-order valence-corrected chi connectivity index (χ1v) is 10.1. The lowest BCUT2D eigenvalue weighted by atomic mass is 10.2. The molecule has 0 aromatic heterocycles. The van der Waals surface area contributed by atoms with Crippen LogP contribution in [0.2, 0.25) is 0 Å². The van der Waals surface area contributed by atoms with Gasteiger partial charge in [0.2, 0.25) is 0 Å². The highest BCUT2D eigenvalue weighted by Crippen LogP contribution is 2.48. The van der Waals surface area contributed by atoms with Crippen LogP contribution in [0.3, 0.4) is 0 Å². The molecule has 0 bridgehead atoms. The molecule has 0 saturated carbocycles. The third-order valence-corrected chi connectivity index (χ3v) is 6.08. The zero-order chi connectivity index (χ0) is 20.8. The first kappa shape index (κ1) is 21.2. The monoisotopic (exact) mass is 422 g/mol. The summed E-state index contributed by atoms with van der Waals surface area (Å²) in [6.45, 7) is 0. The second-order valence-corrected chi connectivity index (χ2v) is 7.69. The average Bonchev–Trinajstić information content (AvgIpc) is 2.62. The molecule has 10 nitrogen and oxygen atoms in total. The molecule has 4 amide bonds. The second-order valence-electron chi connectivity index (χ2n) is 5.54. The summed E-state index contributed by atoms with van der Waals surface area (Å²) < 4.78 is 0. The molecule has 0 aliphatic carbocycles. The summed E-state index contributed by atoms with van der Waals surface area (Å²) in [4.78, 5) is 24.1. The Kier molecular flexibility index (Phi) is 6.95. The van der Waals surface area contributed by atoms with Crippen molar-refractivity contribution in [3.05, 3.63) is 24.3 Å². The number of benzene rings is 2. The van der Waals surface area contributed by atoms with Gasteiger partial charge in [0.15, 0.2) is 0 Å². The number of carbonyl (C=O) groups is 2. The third kappa shape index (κ3) is 5.20. The minimum atomic E-state index is -0.375. The fourth-order valence-electron chi connectivity index (χ4n) is 2.16. The largest absolute Gasteiger partial charge is 0.398 e. The van der Waals surface area contributed by atoms with Gasteiger partial charge in [0.1, 0.15) is 0 Å². The van der Waals surface area contributed by atoms with E-state index in [1.165, 1.54) is 35.7 Å². The zero-order valence-electron chi connectivity index (χ0n) is 15.3. The Labute approximate surface area is 169 Å². The van der Waals surface area contributed by atoms with E-state index in [2.05, 4.69) is 21.3 Å². The van der Waals surface area contributed by atoms with Crippen LogP contribution in [0.4, 0.5) is 43.7 Å². The maximum atomic E-state index is 11.4. The van der Waals surface area contributed by atoms with Crippen LogP contribution < -0.4 is 44.2 Å². The normalized spacial score (nSPS) is 10.2. The molecule has 0 unspecified atom stereocenters. The van der Waals surface area contributed by atoms with Gasteiger partial charge in [-0.05, 0) is 45.9 Å². The second kappa shape index (κ2) is 9.19. The molecule has 0 spiro atoms. The summed E-state index contributed by atoms with van der Waals surface area (Å²) in [7, 11) is 5.60. The molecule has 0 atom stereocenters. The van der Waals surface area contributed by atoms with Crippen LogP contribution in [0.15, 0.2) is 34.1 Å². The van der Waals surface area contributed by atoms with E-state index in [4.69, 9.17) is 22.9 Å². The molecular formula is C16H22N8O2S2. The van der Waals surface area contributed by atoms with Gasteiger partial charge in [-0.15, -0.1) is 0 Å². The standard InChI is InChI=1S/C16H22N8O2S2/c1-21-15(25)23-7-3-9(17)13(10(18)4-7)27-28-14-11(19)5-8(6-12(14)20)24-16(26)22-2/h3-6H,17-20H2,1-2H3,(H2,21,23,25)(H2,22,24,26). The molecule has 2 rings (SSSR count). The van der Waals surface area contributed by atoms with E-state index < -0.39 is 0 Å². The van der Waals surface area contributed by atoms with E-state index in [-0.39, 0.29) is 12.1 Å². The molecule has 28 heavy (non-hydrogen) atoms. The molecular weight excluding hydrogens is 400 g/mol. The number of hydrogen-bond donors (Lipinski definition) is 8. The molecule has 2 aromatic carbocycles. The number of rotatable bonds is 5. The molecule has 150 valence electrons. The van der Waals surface area contributed by atoms with Crippen LogP contribution >= 0.6 is 21.6 Å². The molecule has 0 saturated heterocycles. The first-order chi connectivity index (χ1) is 13.2. The summed E-state index contributed by atoms with van der Waals surface area (Å²) >= 11 is 0. The van der Waals surface area contributed by atoms with Crippen molar-refractivity contribution in [1.29, 1.82) is 0 Å². The number of hydrogen-bond acceptors (Lipinski definition) is 8. The average molecular weight is 423 g/mol. The van der Waals surface area contributed by atoms with E-state index in [9.17, 15) is 9.59 Å². The highest BCUT2D eigenvalue weighted by Gasteiger charge is 2.14. The van der Waals surface area contributed by atoms with E-state index in [1.807, 2.05) is 0 Å². The predicted octanol–water partition coefficient (Wildman–Crippen LogP) is 2.32. The molecule has 0 heterocycles. The lowest BCUT2D eigenvalue weighted by Gasteiger charge is -2.14. The fraction of sp³-hybridized carbons (Fsp3) is 0.125. The molecule has 12 heteroatoms. The first-order valence-electron chi connectivity index (χ1n) is 7.95. The number of amides is 4. The van der Waals surface area contributed by atoms with Gasteiger partial charge in [-0.2, -0.15) is 0 Å². The summed E-state index contributed by atoms with van der Waals surface area (Å²) in [5.41, 5.74) is 26.8. The van der Waals surface area contributed by atoms with Gasteiger partial charge < -0.3 is 44.2 Å². The smallest absolute Gasteiger partial charge is 0.318 e. The Hall–Kier alpha value is -3.12. The number of nitrogens with two attached hydrogens (primary N) is 4. The highest BCUT2D eigenvalue weighted by atomic mass is 33.1. The minimum absolute atomic E-state index is 0.375. The van der Waals surface area contributed by atoms with Crippen LogP contribution in [0.25, 0.3) is 0 Å². The van der Waals surface area contributed by atoms with Crippen molar-refractivity contribution < 1.29 is 9.59 Å². The van der Waals surface area contributed by atoms with Crippen LogP contribution in [-0.4, -0.2) is 26.2 Å². The fourth-order valence-corrected chi connectivity index (χ4v) is 4.60. The van der Waals surface area contributed by atoms with Crippen LogP contribution in [-0.2, 0) is 0 Å². The molecule has 0 fully saturated rings. The van der Waals surface area contributed by atoms with Gasteiger partial charge in [0.25, 0.3) is 0 Å². The van der Waals surface area contributed by atoms with Gasteiger partial charge in [0, 0.05) is 25.5 Å². The lowest BCUT2D eigenvalue weighted by molar-refractivity contribution is 0.253. The van der Waals surface area contributed by atoms with Crippen molar-refractivity contribution >= 4 is 67.8 Å². The van der Waals surface area contributed by atoms with Crippen molar-refractivity contribution in [3.63, 3.8) is 0 Å². The Morgan fingerprint density at radius 1 is 0.679 bits per heavy atom. The predicted molar refractivity (Wildman–Crippen MR) is 118 cm³/mol. The minimum Gasteiger partial charge on any atom is -0.398 e. The van der Waals surface area contributed by atoms with E-state index in [0.29, 0.717) is 43.9 Å². The number of anilines is 6. The van der Waals surface area contributed by atoms with Gasteiger partial charge in [-0.1, -0.05) is 0 Å². The molecule has 12 N–H and O–H groups in total. The summed E-state index contributed by atoms with van der Waals surface area (Å²) in [6.07, 6.45) is 0. The SMILES string of the molecule is CNC(=O)Nc1cc(N)c(SSc2c(N)cc(NC(=O)NC)cc2N)c(N)c1. The van der Waals surface area contributed by atoms with Gasteiger partial charge in [0.05, 0.1) is 32.5 Å². The zero-order valence-corrected chi connectivity index (χ0v) is 16.9. The topological polar surface area (TPSA) is 186 Å². The van der Waals surface area contributed by atoms with Crippen molar-refractivity contribution in [2.75, 3.05) is 47.7 Å². The Morgan fingerprint density at radius 2 is 0.964 bits per heavy atom. The van der Waals surface area contributed by atoms with E-state index in [1.54, 1.807) is 24.3 Å². The van der Waals surface area contributed by atoms with Crippen molar-refractivity contribution in [2.24, 2.45) is 0 Å². The molecule has 0 aliphatic rings. The quantitative estimate of drug-likeness (QED) is 0.266. The lowest BCUT2D eigenvalue weighted by Crippen LogP contribution is -2.24. The summed E-state index contributed by atoms with van der Waals surface area (Å²) in [6, 6.07) is 5.68. The Balaban J connectivity index is 2.17. The third-order valence-electron chi connectivity index (χ3n) is 3.47. The maximum absolute atomic E-state index is 11.4. The Bertz CT molecular complexity index is 787. The van der Waals surface area contributed by atoms with Gasteiger partial charge >= 0.3 is 12.1 Å². The van der Waals surface area contributed by atoms with Crippen molar-refractivity contribution in [1.82, 2.24) is 10.6 Å². The summed E-state index contributed by atoms with van der Waals surface area (Å²) in [5, 5.41) is 10.1. The Morgan fingerprint density at radius 3 is 1.21 bits per heavy atom. The van der Waals surface area contributed by atoms with Crippen molar-refractivity contribution in [2.45, 2.75) is 9.79 Å². The number of nitrogens with one attached hydrogen (secondary N) is 4. The summed E-state index contributed by atoms with van der Waals surface area (Å²) in [5.74, 6) is 0. The molecule has 0 aliphatic heterocycles. The van der Waals surface area contributed by atoms with E-state index in [0.717, 1.165) is 0 Å². The van der Waals surface area contributed by atoms with Gasteiger partial charge in [-0.25, -0.2) is 9.59 Å². The van der Waals surface area contributed by atoms with Crippen LogP contribution in [0.1, 0.15) is 0 Å². The van der Waals surface area contributed by atoms with Crippen LogP contribution in [0.5, 0.6) is 0 Å². The maximum Gasteiger partial charge on any atom is 0.318 e. The van der Waals surface area contributed by atoms with Gasteiger partial charge in [-0.3, -0.25) is 0 Å².